The summed E-state index contributed by atoms with van der Waals surface area (Å²) in [5.74, 6) is 0. The average Bonchev–Trinajstić information content (AvgIpc) is 3.76. The maximum atomic E-state index is 2.61. The van der Waals surface area contributed by atoms with E-state index in [4.69, 9.17) is 0 Å². The van der Waals surface area contributed by atoms with Gasteiger partial charge in [-0.05, 0) is 111 Å². The van der Waals surface area contributed by atoms with Crippen molar-refractivity contribution in [3.63, 3.8) is 0 Å². The standard InChI is InChI=1S/C47H45BN2S2/c1-45(2,3)30-16-20-32(21-17-30)49-36-13-11-14-37-40(36)48(43-41(49)34-12-9-10-15-38(34)51-43)44-42(50(37)33-22-18-31(19-23-33)46(4,5)6)35-24-28-26-47(7,8)27-29(28)25-39(35)52-44/h9-25H,26-27H2,1-8H3. The molecule has 2 nitrogen and oxygen atoms in total. The highest BCUT2D eigenvalue weighted by molar-refractivity contribution is 7.40. The van der Waals surface area contributed by atoms with Crippen LogP contribution in [-0.4, -0.2) is 6.71 Å². The highest BCUT2D eigenvalue weighted by atomic mass is 32.1. The molecule has 10 rings (SSSR count). The normalized spacial score (nSPS) is 16.0. The first-order valence-corrected chi connectivity index (χ1v) is 20.4. The van der Waals surface area contributed by atoms with Crippen LogP contribution in [0.2, 0.25) is 0 Å². The fourth-order valence-corrected chi connectivity index (χ4v) is 11.9. The first-order chi connectivity index (χ1) is 24.8. The average molecular weight is 713 g/mol. The molecule has 3 aliphatic rings. The molecule has 258 valence electrons. The van der Waals surface area contributed by atoms with Crippen molar-refractivity contribution in [2.24, 2.45) is 5.41 Å². The number of benzene rings is 5. The predicted octanol–water partition coefficient (Wildman–Crippen LogP) is 11.9. The van der Waals surface area contributed by atoms with Crippen molar-refractivity contribution in [1.29, 1.82) is 0 Å². The number of hydrogen-bond acceptors (Lipinski definition) is 4. The minimum Gasteiger partial charge on any atom is -0.310 e. The summed E-state index contributed by atoms with van der Waals surface area (Å²) in [5, 5.41) is 2.73. The lowest BCUT2D eigenvalue weighted by Gasteiger charge is -2.42. The molecule has 0 N–H and O–H groups in total. The van der Waals surface area contributed by atoms with Crippen LogP contribution in [0.5, 0.6) is 0 Å². The Labute approximate surface area is 316 Å². The first kappa shape index (κ1) is 32.3. The maximum Gasteiger partial charge on any atom is 0.277 e. The van der Waals surface area contributed by atoms with Gasteiger partial charge in [-0.15, -0.1) is 22.7 Å². The van der Waals surface area contributed by atoms with Crippen molar-refractivity contribution in [2.75, 3.05) is 9.80 Å². The third kappa shape index (κ3) is 4.74. The summed E-state index contributed by atoms with van der Waals surface area (Å²) in [4.78, 5) is 5.19. The van der Waals surface area contributed by atoms with Crippen molar-refractivity contribution in [3.8, 4) is 0 Å². The lowest BCUT2D eigenvalue weighted by Crippen LogP contribution is -2.59. The molecule has 7 aromatic rings. The van der Waals surface area contributed by atoms with Gasteiger partial charge in [-0.2, -0.15) is 0 Å². The number of anilines is 6. The molecule has 2 aromatic heterocycles. The molecular formula is C47H45BN2S2. The van der Waals surface area contributed by atoms with Gasteiger partial charge in [0.05, 0.1) is 11.4 Å². The van der Waals surface area contributed by atoms with Crippen LogP contribution in [0.3, 0.4) is 0 Å². The van der Waals surface area contributed by atoms with Crippen LogP contribution in [0.4, 0.5) is 34.1 Å². The molecule has 0 saturated heterocycles. The molecule has 52 heavy (non-hydrogen) atoms. The number of hydrogen-bond donors (Lipinski definition) is 0. The van der Waals surface area contributed by atoms with Gasteiger partial charge in [0.2, 0.25) is 0 Å². The van der Waals surface area contributed by atoms with Crippen LogP contribution in [0, 0.1) is 5.41 Å². The number of thiophene rings is 2. The van der Waals surface area contributed by atoms with Crippen LogP contribution >= 0.6 is 22.7 Å². The summed E-state index contributed by atoms with van der Waals surface area (Å²) < 4.78 is 5.68. The van der Waals surface area contributed by atoms with E-state index in [1.807, 2.05) is 22.7 Å². The molecule has 0 radical (unpaired) electrons. The molecular weight excluding hydrogens is 667 g/mol. The Bertz CT molecular complexity index is 2570. The first-order valence-electron chi connectivity index (χ1n) is 18.8. The third-order valence-electron chi connectivity index (χ3n) is 11.7. The second kappa shape index (κ2) is 10.9. The summed E-state index contributed by atoms with van der Waals surface area (Å²) in [6, 6.07) is 40.0. The molecule has 0 amide bonds. The second-order valence-electron chi connectivity index (χ2n) is 18.2. The topological polar surface area (TPSA) is 6.48 Å². The summed E-state index contributed by atoms with van der Waals surface area (Å²) in [7, 11) is 0. The van der Waals surface area contributed by atoms with Crippen LogP contribution in [0.1, 0.15) is 77.6 Å². The van der Waals surface area contributed by atoms with Crippen molar-refractivity contribution >= 4 is 98.7 Å². The molecule has 1 aliphatic carbocycles. The van der Waals surface area contributed by atoms with Crippen molar-refractivity contribution in [2.45, 2.75) is 79.1 Å². The molecule has 0 fully saturated rings. The molecule has 5 aromatic carbocycles. The highest BCUT2D eigenvalue weighted by Gasteiger charge is 2.47. The molecule has 0 bridgehead atoms. The monoisotopic (exact) mass is 712 g/mol. The second-order valence-corrected chi connectivity index (χ2v) is 20.3. The largest absolute Gasteiger partial charge is 0.310 e. The number of rotatable bonds is 2. The van der Waals surface area contributed by atoms with Crippen LogP contribution in [0.25, 0.3) is 20.2 Å². The summed E-state index contributed by atoms with van der Waals surface area (Å²) in [6.07, 6.45) is 2.28. The van der Waals surface area contributed by atoms with Gasteiger partial charge in [0.15, 0.2) is 0 Å². The Kier molecular flexibility index (Phi) is 6.76. The Morgan fingerprint density at radius 3 is 1.62 bits per heavy atom. The summed E-state index contributed by atoms with van der Waals surface area (Å²) >= 11 is 4.02. The predicted molar refractivity (Wildman–Crippen MR) is 230 cm³/mol. The zero-order valence-corrected chi connectivity index (χ0v) is 33.2. The zero-order valence-electron chi connectivity index (χ0n) is 31.5. The minimum absolute atomic E-state index is 0.0889. The highest BCUT2D eigenvalue weighted by Crippen LogP contribution is 2.51. The van der Waals surface area contributed by atoms with Gasteiger partial charge < -0.3 is 9.80 Å². The van der Waals surface area contributed by atoms with E-state index >= 15 is 0 Å². The van der Waals surface area contributed by atoms with Gasteiger partial charge >= 0.3 is 0 Å². The van der Waals surface area contributed by atoms with Crippen molar-refractivity contribution in [1.82, 2.24) is 0 Å². The lowest BCUT2D eigenvalue weighted by atomic mass is 9.39. The van der Waals surface area contributed by atoms with E-state index in [0.717, 1.165) is 12.8 Å². The van der Waals surface area contributed by atoms with Crippen LogP contribution in [0.15, 0.2) is 103 Å². The van der Waals surface area contributed by atoms with Crippen molar-refractivity contribution < 1.29 is 0 Å². The zero-order chi connectivity index (χ0) is 35.9. The summed E-state index contributed by atoms with van der Waals surface area (Å²) in [5.41, 5.74) is 15.4. The van der Waals surface area contributed by atoms with Gasteiger partial charge in [0, 0.05) is 52.5 Å². The molecule has 2 aliphatic heterocycles. The van der Waals surface area contributed by atoms with E-state index in [1.165, 1.54) is 91.6 Å². The van der Waals surface area contributed by atoms with Gasteiger partial charge in [-0.25, -0.2) is 0 Å². The van der Waals surface area contributed by atoms with Gasteiger partial charge in [-0.3, -0.25) is 0 Å². The number of nitrogens with zero attached hydrogens (tertiary/aromatic N) is 2. The van der Waals surface area contributed by atoms with Crippen molar-refractivity contribution in [3.05, 3.63) is 125 Å². The van der Waals surface area contributed by atoms with Crippen LogP contribution < -0.4 is 24.8 Å². The van der Waals surface area contributed by atoms with E-state index in [9.17, 15) is 0 Å². The molecule has 5 heteroatoms. The van der Waals surface area contributed by atoms with Gasteiger partial charge in [0.25, 0.3) is 6.71 Å². The van der Waals surface area contributed by atoms with E-state index in [1.54, 1.807) is 0 Å². The molecule has 0 atom stereocenters. The minimum atomic E-state index is 0.0889. The maximum absolute atomic E-state index is 2.61. The Hall–Kier alpha value is -4.32. The van der Waals surface area contributed by atoms with Crippen LogP contribution in [-0.2, 0) is 23.7 Å². The quantitative estimate of drug-likeness (QED) is 0.165. The Morgan fingerprint density at radius 2 is 1.06 bits per heavy atom. The lowest BCUT2D eigenvalue weighted by molar-refractivity contribution is 0.392. The molecule has 0 spiro atoms. The Balaban J connectivity index is 1.27. The van der Waals surface area contributed by atoms with E-state index in [0.29, 0.717) is 5.41 Å². The molecule has 0 saturated carbocycles. The van der Waals surface area contributed by atoms with E-state index in [-0.39, 0.29) is 17.5 Å². The molecule has 4 heterocycles. The van der Waals surface area contributed by atoms with E-state index in [2.05, 4.69) is 168 Å². The van der Waals surface area contributed by atoms with Gasteiger partial charge in [0.1, 0.15) is 0 Å². The SMILES string of the molecule is CC1(C)Cc2cc3sc4c(c3cc2C1)N(c1ccc(C(C)(C)C)cc1)c1cccc2c1B4c1sc3ccccc3c1N2c1ccc(C(C)(C)C)cc1. The van der Waals surface area contributed by atoms with E-state index < -0.39 is 0 Å². The third-order valence-corrected chi connectivity index (χ3v) is 14.2. The Morgan fingerprint density at radius 1 is 0.558 bits per heavy atom. The fourth-order valence-electron chi connectivity index (χ4n) is 9.17. The summed E-state index contributed by atoms with van der Waals surface area (Å²) in [6.45, 7) is 18.8. The fraction of sp³-hybridized carbons (Fsp3) is 0.277. The number of fused-ring (bicyclic) bond motifs is 9. The molecule has 0 unspecified atom stereocenters. The van der Waals surface area contributed by atoms with Gasteiger partial charge in [-0.1, -0.05) is 104 Å². The smallest absolute Gasteiger partial charge is 0.277 e.